The Labute approximate surface area is 121 Å². The smallest absolute Gasteiger partial charge is 0.223 e. The molecule has 5 nitrogen and oxygen atoms in total. The van der Waals surface area contributed by atoms with Gasteiger partial charge in [0, 0.05) is 37.3 Å². The van der Waals surface area contributed by atoms with Gasteiger partial charge in [-0.05, 0) is 33.1 Å². The molecule has 2 rings (SSSR count). The summed E-state index contributed by atoms with van der Waals surface area (Å²) in [5.74, 6) is 0.212. The van der Waals surface area contributed by atoms with Crippen LogP contribution in [0.3, 0.4) is 0 Å². The summed E-state index contributed by atoms with van der Waals surface area (Å²) in [6.45, 7) is 6.21. The van der Waals surface area contributed by atoms with E-state index in [1.807, 2.05) is 22.8 Å². The second-order valence-electron chi connectivity index (χ2n) is 5.95. The fourth-order valence-electron chi connectivity index (χ4n) is 3.20. The van der Waals surface area contributed by atoms with Crippen molar-refractivity contribution >= 4 is 5.91 Å². The maximum atomic E-state index is 12.4. The highest BCUT2D eigenvalue weighted by Crippen LogP contribution is 2.33. The van der Waals surface area contributed by atoms with Gasteiger partial charge in [-0.3, -0.25) is 9.48 Å². The zero-order chi connectivity index (χ0) is 14.9. The van der Waals surface area contributed by atoms with Crippen LogP contribution in [0.5, 0.6) is 0 Å². The van der Waals surface area contributed by atoms with Gasteiger partial charge in [-0.25, -0.2) is 0 Å². The molecule has 1 aromatic heterocycles. The highest BCUT2D eigenvalue weighted by Gasteiger charge is 2.36. The second-order valence-corrected chi connectivity index (χ2v) is 5.95. The average Bonchev–Trinajstić information content (AvgIpc) is 2.67. The van der Waals surface area contributed by atoms with E-state index >= 15 is 0 Å². The summed E-state index contributed by atoms with van der Waals surface area (Å²) in [7, 11) is 1.92. The molecule has 1 saturated heterocycles. The Morgan fingerprint density at radius 2 is 2.20 bits per heavy atom. The van der Waals surface area contributed by atoms with Gasteiger partial charge in [0.1, 0.15) is 0 Å². The van der Waals surface area contributed by atoms with Crippen LogP contribution in [0.2, 0.25) is 0 Å². The number of nitrogens with two attached hydrogens (primary N) is 1. The molecule has 0 spiro atoms. The summed E-state index contributed by atoms with van der Waals surface area (Å²) in [5.41, 5.74) is 8.57. The minimum absolute atomic E-state index is 0.0154. The topological polar surface area (TPSA) is 64.2 Å². The molecule has 0 saturated carbocycles. The normalized spacial score (nSPS) is 24.3. The van der Waals surface area contributed by atoms with Crippen molar-refractivity contribution in [3.05, 3.63) is 17.5 Å². The molecule has 1 aliphatic heterocycles. The fraction of sp³-hybridized carbons (Fsp3) is 0.733. The number of nitrogens with zero attached hydrogens (tertiary/aromatic N) is 3. The lowest BCUT2D eigenvalue weighted by Gasteiger charge is -2.36. The van der Waals surface area contributed by atoms with E-state index in [1.54, 1.807) is 0 Å². The monoisotopic (exact) mass is 278 g/mol. The first-order valence-corrected chi connectivity index (χ1v) is 7.54. The van der Waals surface area contributed by atoms with E-state index in [-0.39, 0.29) is 24.0 Å². The molecule has 2 N–H and O–H groups in total. The number of rotatable bonds is 3. The summed E-state index contributed by atoms with van der Waals surface area (Å²) in [5, 5.41) is 4.51. The van der Waals surface area contributed by atoms with Gasteiger partial charge < -0.3 is 10.6 Å². The quantitative estimate of drug-likeness (QED) is 0.916. The Morgan fingerprint density at radius 1 is 1.50 bits per heavy atom. The highest BCUT2D eigenvalue weighted by atomic mass is 16.2. The van der Waals surface area contributed by atoms with Crippen LogP contribution in [0.15, 0.2) is 6.20 Å². The van der Waals surface area contributed by atoms with E-state index in [9.17, 15) is 4.79 Å². The predicted molar refractivity (Wildman–Crippen MR) is 79.1 cm³/mol. The largest absolute Gasteiger partial charge is 0.332 e. The fourth-order valence-corrected chi connectivity index (χ4v) is 3.20. The third-order valence-corrected chi connectivity index (χ3v) is 4.07. The van der Waals surface area contributed by atoms with Gasteiger partial charge in [-0.2, -0.15) is 5.10 Å². The first-order valence-electron chi connectivity index (χ1n) is 7.54. The minimum atomic E-state index is -0.0475. The van der Waals surface area contributed by atoms with E-state index in [1.165, 1.54) is 0 Å². The van der Waals surface area contributed by atoms with Crippen molar-refractivity contribution in [3.63, 3.8) is 0 Å². The summed E-state index contributed by atoms with van der Waals surface area (Å²) in [6, 6.07) is 0.0913. The molecule has 1 fully saturated rings. The molecule has 1 aromatic rings. The van der Waals surface area contributed by atoms with Crippen molar-refractivity contribution < 1.29 is 4.79 Å². The molecule has 20 heavy (non-hydrogen) atoms. The number of hydrogen-bond acceptors (Lipinski definition) is 3. The van der Waals surface area contributed by atoms with E-state index in [0.717, 1.165) is 30.5 Å². The summed E-state index contributed by atoms with van der Waals surface area (Å²) in [4.78, 5) is 14.4. The van der Waals surface area contributed by atoms with Gasteiger partial charge >= 0.3 is 0 Å². The lowest BCUT2D eigenvalue weighted by Crippen LogP contribution is -2.45. The molecular formula is C15H26N4O. The lowest BCUT2D eigenvalue weighted by atomic mass is 9.95. The number of aromatic nitrogens is 2. The maximum Gasteiger partial charge on any atom is 0.223 e. The first-order chi connectivity index (χ1) is 9.45. The number of aryl methyl sites for hydroxylation is 2. The maximum absolute atomic E-state index is 12.4. The molecule has 2 unspecified atom stereocenters. The van der Waals surface area contributed by atoms with Crippen molar-refractivity contribution in [2.45, 2.75) is 64.6 Å². The third kappa shape index (κ3) is 2.73. The first kappa shape index (κ1) is 15.0. The van der Waals surface area contributed by atoms with Crippen LogP contribution < -0.4 is 5.73 Å². The standard InChI is InChI=1S/C15H26N4O/c1-5-13-11(9-18(4)17-13)15-12(16)7-6-8-14(20)19(15)10(2)3/h9-10,12,15H,5-8,16H2,1-4H3. The van der Waals surface area contributed by atoms with Crippen molar-refractivity contribution in [3.8, 4) is 0 Å². The molecule has 112 valence electrons. The van der Waals surface area contributed by atoms with E-state index in [2.05, 4.69) is 25.9 Å². The highest BCUT2D eigenvalue weighted by molar-refractivity contribution is 5.77. The molecule has 1 amide bonds. The second kappa shape index (κ2) is 5.95. The number of carbonyl (C=O) groups is 1. The van der Waals surface area contributed by atoms with Gasteiger partial charge in [0.25, 0.3) is 0 Å². The van der Waals surface area contributed by atoms with Crippen LogP contribution >= 0.6 is 0 Å². The zero-order valence-electron chi connectivity index (χ0n) is 13.0. The van der Waals surface area contributed by atoms with Crippen LogP contribution in [0, 0.1) is 0 Å². The Balaban J connectivity index is 2.48. The van der Waals surface area contributed by atoms with Crippen LogP contribution in [0.25, 0.3) is 0 Å². The van der Waals surface area contributed by atoms with Crippen molar-refractivity contribution in [1.82, 2.24) is 14.7 Å². The summed E-state index contributed by atoms with van der Waals surface area (Å²) < 4.78 is 1.83. The summed E-state index contributed by atoms with van der Waals surface area (Å²) in [6.07, 6.45) is 5.25. The predicted octanol–water partition coefficient (Wildman–Crippen LogP) is 1.77. The SMILES string of the molecule is CCc1nn(C)cc1C1C(N)CCCC(=O)N1C(C)C. The number of hydrogen-bond donors (Lipinski definition) is 1. The Bertz CT molecular complexity index is 480. The molecule has 1 aliphatic rings. The summed E-state index contributed by atoms with van der Waals surface area (Å²) >= 11 is 0. The molecular weight excluding hydrogens is 252 g/mol. The minimum Gasteiger partial charge on any atom is -0.332 e. The molecule has 2 heterocycles. The lowest BCUT2D eigenvalue weighted by molar-refractivity contribution is -0.135. The van der Waals surface area contributed by atoms with E-state index in [4.69, 9.17) is 5.73 Å². The van der Waals surface area contributed by atoms with Crippen molar-refractivity contribution in [2.24, 2.45) is 12.8 Å². The third-order valence-electron chi connectivity index (χ3n) is 4.07. The molecule has 0 aliphatic carbocycles. The van der Waals surface area contributed by atoms with Crippen LogP contribution in [0.4, 0.5) is 0 Å². The van der Waals surface area contributed by atoms with E-state index < -0.39 is 0 Å². The zero-order valence-corrected chi connectivity index (χ0v) is 13.0. The molecule has 0 radical (unpaired) electrons. The van der Waals surface area contributed by atoms with Crippen molar-refractivity contribution in [2.75, 3.05) is 0 Å². The van der Waals surface area contributed by atoms with Crippen LogP contribution in [-0.2, 0) is 18.3 Å². The van der Waals surface area contributed by atoms with Gasteiger partial charge in [-0.15, -0.1) is 0 Å². The van der Waals surface area contributed by atoms with E-state index in [0.29, 0.717) is 6.42 Å². The van der Waals surface area contributed by atoms with Gasteiger partial charge in [0.2, 0.25) is 5.91 Å². The van der Waals surface area contributed by atoms with Gasteiger partial charge in [-0.1, -0.05) is 6.92 Å². The van der Waals surface area contributed by atoms with Crippen LogP contribution in [-0.4, -0.2) is 32.7 Å². The molecule has 0 bridgehead atoms. The number of amides is 1. The van der Waals surface area contributed by atoms with Gasteiger partial charge in [0.15, 0.2) is 0 Å². The molecule has 0 aromatic carbocycles. The Kier molecular flexibility index (Phi) is 4.48. The van der Waals surface area contributed by atoms with Crippen LogP contribution in [0.1, 0.15) is 57.3 Å². The van der Waals surface area contributed by atoms with Crippen molar-refractivity contribution in [1.29, 1.82) is 0 Å². The molecule has 5 heteroatoms. The molecule has 2 atom stereocenters. The van der Waals surface area contributed by atoms with Gasteiger partial charge in [0.05, 0.1) is 11.7 Å². The number of likely N-dealkylation sites (tertiary alicyclic amines) is 1. The number of carbonyl (C=O) groups excluding carboxylic acids is 1. The Morgan fingerprint density at radius 3 is 2.80 bits per heavy atom. The average molecular weight is 278 g/mol. The Hall–Kier alpha value is -1.36.